The number of amides is 1. The normalized spacial score (nSPS) is 24.3. The Morgan fingerprint density at radius 3 is 2.14 bits per heavy atom. The molecule has 6 nitrogen and oxygen atoms in total. The van der Waals surface area contributed by atoms with Crippen LogP contribution in [0.1, 0.15) is 33.6 Å². The highest BCUT2D eigenvalue weighted by Crippen LogP contribution is 2.16. The molecule has 2 rings (SSSR count). The molecule has 0 radical (unpaired) electrons. The van der Waals surface area contributed by atoms with Crippen molar-refractivity contribution in [2.75, 3.05) is 40.4 Å². The van der Waals surface area contributed by atoms with Gasteiger partial charge in [-0.1, -0.05) is 0 Å². The summed E-state index contributed by atoms with van der Waals surface area (Å²) >= 11 is 0. The first-order valence-corrected chi connectivity index (χ1v) is 7.60. The number of likely N-dealkylation sites (tertiary alicyclic amines) is 1. The molecule has 0 unspecified atom stereocenters. The van der Waals surface area contributed by atoms with Crippen molar-refractivity contribution in [3.63, 3.8) is 0 Å². The molecule has 22 heavy (non-hydrogen) atoms. The van der Waals surface area contributed by atoms with Crippen molar-refractivity contribution < 1.29 is 19.0 Å². The molecule has 2 atom stereocenters. The van der Waals surface area contributed by atoms with Gasteiger partial charge in [-0.3, -0.25) is 0 Å². The molecule has 0 aromatic carbocycles. The molecular formula is C15H31ClN2O4. The maximum Gasteiger partial charge on any atom is 0.410 e. The number of hydrogen-bond donors (Lipinski definition) is 1. The lowest BCUT2D eigenvalue weighted by Gasteiger charge is -2.24. The lowest BCUT2D eigenvalue weighted by Crippen LogP contribution is -2.35. The summed E-state index contributed by atoms with van der Waals surface area (Å²) in [5, 5.41) is 3.20. The topological polar surface area (TPSA) is 60.0 Å². The van der Waals surface area contributed by atoms with Crippen molar-refractivity contribution >= 4 is 18.5 Å². The average Bonchev–Trinajstić information content (AvgIpc) is 3.08. The van der Waals surface area contributed by atoms with E-state index in [2.05, 4.69) is 5.32 Å². The van der Waals surface area contributed by atoms with E-state index in [-0.39, 0.29) is 24.6 Å². The van der Waals surface area contributed by atoms with Crippen molar-refractivity contribution in [2.24, 2.45) is 0 Å². The lowest BCUT2D eigenvalue weighted by molar-refractivity contribution is 0.0253. The van der Waals surface area contributed by atoms with Crippen LogP contribution in [0.15, 0.2) is 0 Å². The first-order chi connectivity index (χ1) is 9.85. The van der Waals surface area contributed by atoms with Crippen molar-refractivity contribution in [3.05, 3.63) is 0 Å². The number of carbonyl (C=O) groups excluding carboxylic acids is 1. The molecule has 2 saturated heterocycles. The highest BCUT2D eigenvalue weighted by molar-refractivity contribution is 5.85. The van der Waals surface area contributed by atoms with Gasteiger partial charge in [0.1, 0.15) is 5.60 Å². The fraction of sp³-hybridized carbons (Fsp3) is 0.933. The van der Waals surface area contributed by atoms with E-state index in [1.54, 1.807) is 19.1 Å². The van der Waals surface area contributed by atoms with Crippen LogP contribution in [-0.2, 0) is 14.2 Å². The highest BCUT2D eigenvalue weighted by atomic mass is 35.5. The van der Waals surface area contributed by atoms with Gasteiger partial charge in [-0.05, 0) is 40.2 Å². The molecule has 2 aliphatic rings. The Hall–Kier alpha value is -0.560. The summed E-state index contributed by atoms with van der Waals surface area (Å²) in [6, 6.07) is 0. The fourth-order valence-corrected chi connectivity index (χ4v) is 2.24. The van der Waals surface area contributed by atoms with Gasteiger partial charge in [-0.2, -0.15) is 0 Å². The van der Waals surface area contributed by atoms with E-state index in [0.717, 1.165) is 26.1 Å². The lowest BCUT2D eigenvalue weighted by atomic mass is 10.2. The Balaban J connectivity index is 0.000000465. The number of halogens is 1. The van der Waals surface area contributed by atoms with Crippen molar-refractivity contribution in [2.45, 2.75) is 51.4 Å². The largest absolute Gasteiger partial charge is 0.444 e. The summed E-state index contributed by atoms with van der Waals surface area (Å²) in [5.41, 5.74) is -0.414. The summed E-state index contributed by atoms with van der Waals surface area (Å²) in [6.45, 7) is 9.15. The van der Waals surface area contributed by atoms with Gasteiger partial charge in [-0.25, -0.2) is 4.79 Å². The predicted molar refractivity (Wildman–Crippen MR) is 88.8 cm³/mol. The third-order valence-corrected chi connectivity index (χ3v) is 3.48. The molecule has 2 fully saturated rings. The van der Waals surface area contributed by atoms with Crippen LogP contribution < -0.4 is 5.32 Å². The smallest absolute Gasteiger partial charge is 0.410 e. The second kappa shape index (κ2) is 10.3. The second-order valence-corrected chi connectivity index (χ2v) is 6.42. The maximum absolute atomic E-state index is 11.6. The van der Waals surface area contributed by atoms with E-state index in [1.807, 2.05) is 20.8 Å². The maximum atomic E-state index is 11.6. The quantitative estimate of drug-likeness (QED) is 0.835. The highest BCUT2D eigenvalue weighted by Gasteiger charge is 2.29. The van der Waals surface area contributed by atoms with Gasteiger partial charge in [-0.15, -0.1) is 12.4 Å². The Labute approximate surface area is 140 Å². The molecule has 0 aromatic heterocycles. The van der Waals surface area contributed by atoms with E-state index < -0.39 is 5.60 Å². The summed E-state index contributed by atoms with van der Waals surface area (Å²) in [7, 11) is 3.43. The molecule has 1 N–H and O–H groups in total. The molecule has 0 aromatic rings. The van der Waals surface area contributed by atoms with Gasteiger partial charge in [0.25, 0.3) is 0 Å². The zero-order valence-corrected chi connectivity index (χ0v) is 15.2. The van der Waals surface area contributed by atoms with Gasteiger partial charge in [0.15, 0.2) is 0 Å². The Kier molecular flexibility index (Phi) is 10.00. The standard InChI is InChI=1S/C10H19NO3.C5H11NO.ClH/c1-10(2,3)14-9(12)11-6-5-8(7-11)13-4;1-7-5-2-3-6-4-5;/h8H,5-7H2,1-4H3;5-6H,2-4H2,1H3;1H/t8-;5-;/m00./s1. The van der Waals surface area contributed by atoms with Gasteiger partial charge in [0, 0.05) is 27.3 Å². The molecule has 1 amide bonds. The number of carbonyl (C=O) groups is 1. The zero-order chi connectivity index (χ0) is 15.9. The van der Waals surface area contributed by atoms with Crippen LogP contribution >= 0.6 is 12.4 Å². The van der Waals surface area contributed by atoms with E-state index in [0.29, 0.717) is 12.6 Å². The van der Waals surface area contributed by atoms with Crippen molar-refractivity contribution in [3.8, 4) is 0 Å². The summed E-state index contributed by atoms with van der Waals surface area (Å²) in [6.07, 6.45) is 2.49. The number of nitrogens with zero attached hydrogens (tertiary/aromatic N) is 1. The van der Waals surface area contributed by atoms with Gasteiger partial charge in [0.2, 0.25) is 0 Å². The first-order valence-electron chi connectivity index (χ1n) is 7.60. The third-order valence-electron chi connectivity index (χ3n) is 3.48. The van der Waals surface area contributed by atoms with E-state index in [4.69, 9.17) is 14.2 Å². The molecule has 132 valence electrons. The van der Waals surface area contributed by atoms with Crippen molar-refractivity contribution in [1.82, 2.24) is 10.2 Å². The van der Waals surface area contributed by atoms with Crippen LogP contribution in [0.5, 0.6) is 0 Å². The van der Waals surface area contributed by atoms with Crippen LogP contribution in [0.3, 0.4) is 0 Å². The van der Waals surface area contributed by atoms with Crippen LogP contribution in [0.25, 0.3) is 0 Å². The minimum Gasteiger partial charge on any atom is -0.444 e. The zero-order valence-electron chi connectivity index (χ0n) is 14.4. The van der Waals surface area contributed by atoms with Gasteiger partial charge < -0.3 is 24.4 Å². The minimum atomic E-state index is -0.414. The second-order valence-electron chi connectivity index (χ2n) is 6.42. The van der Waals surface area contributed by atoms with Crippen LogP contribution in [0, 0.1) is 0 Å². The Morgan fingerprint density at radius 1 is 1.14 bits per heavy atom. The molecule has 0 spiro atoms. The number of rotatable bonds is 2. The van der Waals surface area contributed by atoms with Crippen LogP contribution in [0.4, 0.5) is 4.79 Å². The van der Waals surface area contributed by atoms with Crippen LogP contribution in [0.2, 0.25) is 0 Å². The molecular weight excluding hydrogens is 308 g/mol. The Morgan fingerprint density at radius 2 is 1.77 bits per heavy atom. The summed E-state index contributed by atoms with van der Waals surface area (Å²) in [5.74, 6) is 0. The molecule has 0 aliphatic carbocycles. The number of nitrogens with one attached hydrogen (secondary N) is 1. The molecule has 2 heterocycles. The summed E-state index contributed by atoms with van der Waals surface area (Å²) in [4.78, 5) is 13.3. The fourth-order valence-electron chi connectivity index (χ4n) is 2.24. The van der Waals surface area contributed by atoms with Crippen molar-refractivity contribution in [1.29, 1.82) is 0 Å². The average molecular weight is 339 g/mol. The molecule has 0 bridgehead atoms. The summed E-state index contributed by atoms with van der Waals surface area (Å²) < 4.78 is 15.5. The number of hydrogen-bond acceptors (Lipinski definition) is 5. The SMILES string of the molecule is CO[C@H]1CCN(C(=O)OC(C)(C)C)C1.CO[C@H]1CCNC1.Cl. The minimum absolute atomic E-state index is 0. The Bertz CT molecular complexity index is 317. The van der Waals surface area contributed by atoms with E-state index in [9.17, 15) is 4.79 Å². The van der Waals surface area contributed by atoms with E-state index in [1.165, 1.54) is 6.42 Å². The molecule has 7 heteroatoms. The predicted octanol–water partition coefficient (Wildman–Crippen LogP) is 2.06. The third kappa shape index (κ3) is 8.17. The van der Waals surface area contributed by atoms with Gasteiger partial charge >= 0.3 is 6.09 Å². The first kappa shape index (κ1) is 21.4. The monoisotopic (exact) mass is 338 g/mol. The van der Waals surface area contributed by atoms with Crippen LogP contribution in [-0.4, -0.2) is 69.2 Å². The van der Waals surface area contributed by atoms with E-state index >= 15 is 0 Å². The molecule has 0 saturated carbocycles. The molecule has 2 aliphatic heterocycles. The number of methoxy groups -OCH3 is 2. The van der Waals surface area contributed by atoms with Gasteiger partial charge in [0.05, 0.1) is 18.8 Å². The number of ether oxygens (including phenoxy) is 3.